The molecule has 0 aliphatic carbocycles. The molecule has 8 aromatic carbocycles. The van der Waals surface area contributed by atoms with Gasteiger partial charge in [0, 0.05) is 38.1 Å². The molecule has 0 aliphatic heterocycles. The predicted molar refractivity (Wildman–Crippen MR) is 314 cm³/mol. The van der Waals surface area contributed by atoms with E-state index in [1.54, 1.807) is 0 Å². The largest absolute Gasteiger partial charge is 0.454 e. The maximum atomic E-state index is 11.5. The van der Waals surface area contributed by atoms with Crippen molar-refractivity contribution in [3.05, 3.63) is 192 Å². The Hall–Kier alpha value is -8.27. The zero-order chi connectivity index (χ0) is 52.5. The summed E-state index contributed by atoms with van der Waals surface area (Å²) in [6.07, 6.45) is 0. The van der Waals surface area contributed by atoms with Crippen molar-refractivity contribution < 1.29 is 4.42 Å². The summed E-state index contributed by atoms with van der Waals surface area (Å²) in [6, 6.07) is 61.5. The van der Waals surface area contributed by atoms with Crippen molar-refractivity contribution in [2.24, 2.45) is 0 Å². The van der Waals surface area contributed by atoms with Crippen LogP contribution in [0.25, 0.3) is 111 Å². The van der Waals surface area contributed by atoms with E-state index < -0.39 is 0 Å². The van der Waals surface area contributed by atoms with Crippen LogP contribution in [-0.2, 0) is 21.7 Å². The molecule has 0 amide bonds. The quantitative estimate of drug-likeness (QED) is 0.172. The van der Waals surface area contributed by atoms with Crippen LogP contribution in [0.2, 0.25) is 0 Å². The minimum atomic E-state index is -0.0880. The molecule has 0 spiro atoms. The minimum absolute atomic E-state index is 0.0807. The van der Waals surface area contributed by atoms with Gasteiger partial charge >= 0.3 is 0 Å². The highest BCUT2D eigenvalue weighted by atomic mass is 16.3. The smallest absolute Gasteiger partial charge is 0.164 e. The number of fused-ring (bicyclic) bond motifs is 9. The highest BCUT2D eigenvalue weighted by molar-refractivity contribution is 6.19. The van der Waals surface area contributed by atoms with Crippen LogP contribution in [0.5, 0.6) is 0 Å². The maximum Gasteiger partial charge on any atom is 0.164 e. The number of nitrogens with zero attached hydrogens (tertiary/aromatic N) is 5. The van der Waals surface area contributed by atoms with Crippen molar-refractivity contribution in [3.63, 3.8) is 0 Å². The number of benzene rings is 8. The summed E-state index contributed by atoms with van der Waals surface area (Å²) in [7, 11) is 0. The van der Waals surface area contributed by atoms with Crippen LogP contribution in [0.15, 0.2) is 168 Å². The highest BCUT2D eigenvalue weighted by Crippen LogP contribution is 2.48. The van der Waals surface area contributed by atoms with E-state index in [1.807, 2.05) is 42.5 Å². The lowest BCUT2D eigenvalue weighted by Crippen LogP contribution is -2.11. The Morgan fingerprint density at radius 2 is 0.827 bits per heavy atom. The molecule has 370 valence electrons. The average Bonchev–Trinajstić information content (AvgIpc) is 4.08. The average molecular weight is 978 g/mol. The van der Waals surface area contributed by atoms with Crippen molar-refractivity contribution in [2.75, 3.05) is 0 Å². The van der Waals surface area contributed by atoms with Crippen LogP contribution in [-0.4, -0.2) is 19.1 Å². The van der Waals surface area contributed by atoms with Crippen molar-refractivity contribution in [2.45, 2.75) is 105 Å². The zero-order valence-corrected chi connectivity index (χ0v) is 45.2. The van der Waals surface area contributed by atoms with E-state index in [9.17, 15) is 5.26 Å². The lowest BCUT2D eigenvalue weighted by atomic mass is 9.85. The number of hydrogen-bond acceptors (Lipinski definition) is 4. The molecule has 12 aromatic rings. The van der Waals surface area contributed by atoms with Gasteiger partial charge in [-0.3, -0.25) is 0 Å². The van der Waals surface area contributed by atoms with E-state index in [0.29, 0.717) is 22.6 Å². The molecule has 0 saturated carbocycles. The molecular weight excluding hydrogens is 915 g/mol. The second-order valence-electron chi connectivity index (χ2n) is 24.7. The first-order valence-electron chi connectivity index (χ1n) is 26.3. The fourth-order valence-electron chi connectivity index (χ4n) is 11.1. The van der Waals surface area contributed by atoms with Gasteiger partial charge in [0.25, 0.3) is 0 Å². The monoisotopic (exact) mass is 978 g/mol. The first-order valence-corrected chi connectivity index (χ1v) is 26.3. The van der Waals surface area contributed by atoms with Gasteiger partial charge in [-0.15, -0.1) is 0 Å². The SMILES string of the molecule is CC(C)(C)c1ccc2c(c1)c1cc(C(C)(C)C)ccc1n2-c1cc(C#N)c2oc3c(-c4nc(-c5ccccc5)cc(-c5ccccc5)n4)cccc3c2c1-n1c2ccc(C(C)(C)C)cc2c2cc(C(C)(C)C)ccc21. The third-order valence-corrected chi connectivity index (χ3v) is 15.4. The summed E-state index contributed by atoms with van der Waals surface area (Å²) in [6.45, 7) is 27.4. The summed E-state index contributed by atoms with van der Waals surface area (Å²) in [5, 5.41) is 17.9. The summed E-state index contributed by atoms with van der Waals surface area (Å²) in [5.74, 6) is 0.535. The van der Waals surface area contributed by atoms with Gasteiger partial charge in [0.2, 0.25) is 0 Å². The Kier molecular flexibility index (Phi) is 10.7. The van der Waals surface area contributed by atoms with Crippen molar-refractivity contribution in [3.8, 4) is 51.3 Å². The van der Waals surface area contributed by atoms with Crippen LogP contribution in [0.4, 0.5) is 0 Å². The van der Waals surface area contributed by atoms with Gasteiger partial charge in [0.05, 0.1) is 61.3 Å². The molecule has 75 heavy (non-hydrogen) atoms. The summed E-state index contributed by atoms with van der Waals surface area (Å²) >= 11 is 0. The molecule has 12 rings (SSSR count). The van der Waals surface area contributed by atoms with Gasteiger partial charge in [0.1, 0.15) is 11.7 Å². The fraction of sp³-hybridized carbons (Fsp3) is 0.232. The van der Waals surface area contributed by atoms with Crippen molar-refractivity contribution in [1.82, 2.24) is 19.1 Å². The van der Waals surface area contributed by atoms with E-state index in [1.165, 1.54) is 43.8 Å². The van der Waals surface area contributed by atoms with E-state index in [2.05, 4.69) is 220 Å². The molecular formula is C69H63N5O. The number of hydrogen-bond donors (Lipinski definition) is 0. The molecule has 0 aliphatic rings. The van der Waals surface area contributed by atoms with Gasteiger partial charge < -0.3 is 13.6 Å². The molecule has 0 atom stereocenters. The van der Waals surface area contributed by atoms with Gasteiger partial charge in [0.15, 0.2) is 11.4 Å². The second kappa shape index (κ2) is 16.9. The van der Waals surface area contributed by atoms with Crippen molar-refractivity contribution in [1.29, 1.82) is 5.26 Å². The first-order chi connectivity index (χ1) is 35.7. The van der Waals surface area contributed by atoms with Gasteiger partial charge in [-0.05, 0) is 111 Å². The Balaban J connectivity index is 1.27. The van der Waals surface area contributed by atoms with Gasteiger partial charge in [-0.1, -0.05) is 180 Å². The molecule has 0 unspecified atom stereocenters. The standard InChI is InChI=1S/C69H63N5O/c1-66(2,3)44-26-30-56-50(35-44)51-36-45(67(4,5)6)27-31-57(51)73(56)60-34-43(40-70)63-61(62(60)74-58-32-28-46(68(7,8)9)37-52(58)53-38-47(69(10,11)12)29-33-59(53)74)48-24-19-25-49(64(48)75-63)65-71-54(41-20-15-13-16-21-41)39-55(72-65)42-22-17-14-18-23-42/h13-39H,1-12H3. The van der Waals surface area contributed by atoms with Crippen LogP contribution >= 0.6 is 0 Å². The first kappa shape index (κ1) is 47.7. The molecule has 0 bridgehead atoms. The topological polar surface area (TPSA) is 72.6 Å². The summed E-state index contributed by atoms with van der Waals surface area (Å²) in [4.78, 5) is 10.6. The van der Waals surface area contributed by atoms with E-state index >= 15 is 0 Å². The van der Waals surface area contributed by atoms with E-state index in [0.717, 1.165) is 72.3 Å². The summed E-state index contributed by atoms with van der Waals surface area (Å²) in [5.41, 5.74) is 16.7. The van der Waals surface area contributed by atoms with Crippen LogP contribution in [0.1, 0.15) is 111 Å². The number of para-hydroxylation sites is 1. The van der Waals surface area contributed by atoms with Crippen molar-refractivity contribution >= 4 is 65.6 Å². The normalized spacial score (nSPS) is 12.8. The molecule has 0 radical (unpaired) electrons. The molecule has 0 fully saturated rings. The van der Waals surface area contributed by atoms with Crippen LogP contribution < -0.4 is 0 Å². The third kappa shape index (κ3) is 7.91. The lowest BCUT2D eigenvalue weighted by molar-refractivity contribution is 0.590. The number of aromatic nitrogens is 4. The van der Waals surface area contributed by atoms with Crippen LogP contribution in [0, 0.1) is 11.3 Å². The van der Waals surface area contributed by atoms with E-state index in [4.69, 9.17) is 14.4 Å². The molecule has 0 saturated heterocycles. The van der Waals surface area contributed by atoms with Gasteiger partial charge in [-0.25, -0.2) is 9.97 Å². The number of furan rings is 1. The Morgan fingerprint density at radius 1 is 0.413 bits per heavy atom. The van der Waals surface area contributed by atoms with Gasteiger partial charge in [-0.2, -0.15) is 5.26 Å². The van der Waals surface area contributed by atoms with E-state index in [-0.39, 0.29) is 21.7 Å². The number of rotatable bonds is 5. The molecule has 4 heterocycles. The number of nitriles is 1. The fourth-order valence-corrected chi connectivity index (χ4v) is 11.1. The lowest BCUT2D eigenvalue weighted by Gasteiger charge is -2.21. The second-order valence-corrected chi connectivity index (χ2v) is 24.7. The molecule has 4 aromatic heterocycles. The molecule has 6 nitrogen and oxygen atoms in total. The predicted octanol–water partition coefficient (Wildman–Crippen LogP) is 18.6. The highest BCUT2D eigenvalue weighted by Gasteiger charge is 2.30. The Labute approximate surface area is 439 Å². The molecule has 6 heteroatoms. The Morgan fingerprint density at radius 3 is 1.23 bits per heavy atom. The summed E-state index contributed by atoms with van der Waals surface area (Å²) < 4.78 is 12.1. The molecule has 0 N–H and O–H groups in total. The zero-order valence-electron chi connectivity index (χ0n) is 45.2. The minimum Gasteiger partial charge on any atom is -0.454 e. The third-order valence-electron chi connectivity index (χ3n) is 15.4. The maximum absolute atomic E-state index is 11.5. The van der Waals surface area contributed by atoms with Crippen LogP contribution in [0.3, 0.4) is 0 Å². The Bertz CT molecular complexity index is 4120.